The van der Waals surface area contributed by atoms with Crippen LogP contribution in [0.25, 0.3) is 39.0 Å². The molecule has 0 fully saturated rings. The topological polar surface area (TPSA) is 17.8 Å². The molecule has 4 aromatic carbocycles. The molecule has 2 nitrogen and oxygen atoms in total. The zero-order valence-electron chi connectivity index (χ0n) is 20.8. The van der Waals surface area contributed by atoms with Gasteiger partial charge >= 0.3 is 0 Å². The summed E-state index contributed by atoms with van der Waals surface area (Å²) in [6.07, 6.45) is 10.2. The summed E-state index contributed by atoms with van der Waals surface area (Å²) in [5.41, 5.74) is 6.26. The van der Waals surface area contributed by atoms with E-state index in [9.17, 15) is 0 Å². The first-order valence-corrected chi connectivity index (χ1v) is 13.0. The second kappa shape index (κ2) is 10.7. The highest BCUT2D eigenvalue weighted by molar-refractivity contribution is 5.98. The maximum atomic E-state index is 4.61. The van der Waals surface area contributed by atoms with Gasteiger partial charge in [0, 0.05) is 23.6 Å². The van der Waals surface area contributed by atoms with E-state index in [0.717, 1.165) is 23.0 Å². The highest BCUT2D eigenvalue weighted by Gasteiger charge is 2.12. The van der Waals surface area contributed by atoms with E-state index in [2.05, 4.69) is 108 Å². The molecule has 35 heavy (non-hydrogen) atoms. The second-order valence-corrected chi connectivity index (χ2v) is 9.47. The van der Waals surface area contributed by atoms with Gasteiger partial charge in [-0.2, -0.15) is 0 Å². The first kappa shape index (κ1) is 23.1. The minimum atomic E-state index is 0.762. The minimum Gasteiger partial charge on any atom is -0.300 e. The smallest absolute Gasteiger partial charge is 0.144 e. The number of aromatic nitrogens is 2. The van der Waals surface area contributed by atoms with E-state index in [4.69, 9.17) is 0 Å². The van der Waals surface area contributed by atoms with Crippen LogP contribution in [-0.4, -0.2) is 9.55 Å². The maximum Gasteiger partial charge on any atom is 0.144 e. The van der Waals surface area contributed by atoms with Crippen LogP contribution in [0.3, 0.4) is 0 Å². The molecule has 0 spiro atoms. The van der Waals surface area contributed by atoms with E-state index >= 15 is 0 Å². The van der Waals surface area contributed by atoms with Crippen molar-refractivity contribution in [3.63, 3.8) is 0 Å². The lowest BCUT2D eigenvalue weighted by atomic mass is 9.88. The Bertz CT molecular complexity index is 1380. The van der Waals surface area contributed by atoms with Crippen molar-refractivity contribution in [1.29, 1.82) is 0 Å². The quantitative estimate of drug-likeness (QED) is 0.215. The average molecular weight is 459 g/mol. The molecule has 0 saturated carbocycles. The molecule has 5 aromatic rings. The van der Waals surface area contributed by atoms with Crippen molar-refractivity contribution >= 4 is 10.8 Å². The van der Waals surface area contributed by atoms with Crippen molar-refractivity contribution in [1.82, 2.24) is 9.55 Å². The Morgan fingerprint density at radius 2 is 1.51 bits per heavy atom. The summed E-state index contributed by atoms with van der Waals surface area (Å²) in [6.45, 7) is 4.62. The largest absolute Gasteiger partial charge is 0.300 e. The number of hydrogen-bond donors (Lipinski definition) is 0. The fourth-order valence-electron chi connectivity index (χ4n) is 5.17. The van der Waals surface area contributed by atoms with Gasteiger partial charge in [0.1, 0.15) is 5.82 Å². The van der Waals surface area contributed by atoms with E-state index in [1.165, 1.54) is 59.6 Å². The third-order valence-corrected chi connectivity index (χ3v) is 7.19. The lowest BCUT2D eigenvalue weighted by molar-refractivity contribution is 0.450. The Balaban J connectivity index is 1.47. The van der Waals surface area contributed by atoms with Gasteiger partial charge in [-0.15, -0.1) is 0 Å². The lowest BCUT2D eigenvalue weighted by Gasteiger charge is -2.17. The summed E-state index contributed by atoms with van der Waals surface area (Å²) in [7, 11) is 0. The van der Waals surface area contributed by atoms with Crippen LogP contribution in [0.4, 0.5) is 0 Å². The van der Waals surface area contributed by atoms with Gasteiger partial charge in [-0.25, -0.2) is 4.98 Å². The molecule has 0 aliphatic carbocycles. The van der Waals surface area contributed by atoms with Crippen LogP contribution in [0.15, 0.2) is 103 Å². The molecular formula is C33H34N2. The number of unbranched alkanes of at least 4 members (excludes halogenated alkanes) is 1. The summed E-state index contributed by atoms with van der Waals surface area (Å²) in [4.78, 5) is 4.61. The Kier molecular flexibility index (Phi) is 7.09. The van der Waals surface area contributed by atoms with Crippen molar-refractivity contribution < 1.29 is 0 Å². The van der Waals surface area contributed by atoms with E-state index in [-0.39, 0.29) is 0 Å². The highest BCUT2D eigenvalue weighted by Crippen LogP contribution is 2.33. The lowest BCUT2D eigenvalue weighted by Crippen LogP contribution is -2.04. The van der Waals surface area contributed by atoms with Crippen LogP contribution < -0.4 is 0 Å². The molecular weight excluding hydrogens is 424 g/mol. The molecule has 5 rings (SSSR count). The molecule has 1 aromatic heterocycles. The van der Waals surface area contributed by atoms with E-state index in [0.29, 0.717) is 0 Å². The molecule has 1 atom stereocenters. The predicted octanol–water partition coefficient (Wildman–Crippen LogP) is 9.12. The van der Waals surface area contributed by atoms with Gasteiger partial charge in [-0.05, 0) is 51.9 Å². The van der Waals surface area contributed by atoms with Crippen LogP contribution in [0, 0.1) is 5.92 Å². The van der Waals surface area contributed by atoms with Gasteiger partial charge in [0.15, 0.2) is 0 Å². The zero-order valence-corrected chi connectivity index (χ0v) is 20.8. The van der Waals surface area contributed by atoms with Crippen LogP contribution >= 0.6 is 0 Å². The first-order chi connectivity index (χ1) is 17.3. The number of fused-ring (bicyclic) bond motifs is 1. The molecule has 1 heterocycles. The molecule has 0 saturated heterocycles. The third kappa shape index (κ3) is 4.93. The monoisotopic (exact) mass is 458 g/mol. The molecule has 0 N–H and O–H groups in total. The van der Waals surface area contributed by atoms with E-state index in [1.807, 2.05) is 18.5 Å². The van der Waals surface area contributed by atoms with Crippen LogP contribution in [0.2, 0.25) is 0 Å². The maximum absolute atomic E-state index is 4.61. The second-order valence-electron chi connectivity index (χ2n) is 9.47. The van der Waals surface area contributed by atoms with E-state index < -0.39 is 0 Å². The standard InChI is InChI=1S/C33H34N2/c1-3-5-11-25(4-2)24-28-14-9-17-32-30(15-10-16-31(28)32)26-18-20-29(21-19-26)35-23-22-34-33(35)27-12-7-6-8-13-27/h6-10,12-23,25H,3-5,11,24H2,1-2H3. The number of nitrogens with zero attached hydrogens (tertiary/aromatic N) is 2. The van der Waals surface area contributed by atoms with Crippen molar-refractivity contribution in [2.24, 2.45) is 5.92 Å². The molecule has 0 aliphatic rings. The Labute approximate surface area is 209 Å². The summed E-state index contributed by atoms with van der Waals surface area (Å²) in [6, 6.07) is 32.8. The molecule has 2 heteroatoms. The van der Waals surface area contributed by atoms with Crippen molar-refractivity contribution in [3.05, 3.63) is 109 Å². The SMILES string of the molecule is CCCCC(CC)Cc1cccc2c(-c3ccc(-n4ccnc4-c4ccccc4)cc3)cccc12. The number of rotatable bonds is 9. The van der Waals surface area contributed by atoms with Gasteiger partial charge in [-0.3, -0.25) is 4.57 Å². The van der Waals surface area contributed by atoms with Gasteiger partial charge in [0.05, 0.1) is 0 Å². The fraction of sp³-hybridized carbons (Fsp3) is 0.242. The van der Waals surface area contributed by atoms with Crippen molar-refractivity contribution in [3.8, 4) is 28.2 Å². The Morgan fingerprint density at radius 1 is 0.743 bits per heavy atom. The van der Waals surface area contributed by atoms with Crippen LogP contribution in [0.1, 0.15) is 45.1 Å². The molecule has 0 radical (unpaired) electrons. The molecule has 0 bridgehead atoms. The molecule has 0 aliphatic heterocycles. The normalized spacial score (nSPS) is 12.2. The molecule has 1 unspecified atom stereocenters. The summed E-state index contributed by atoms with van der Waals surface area (Å²) in [5.74, 6) is 1.72. The van der Waals surface area contributed by atoms with Crippen LogP contribution in [0.5, 0.6) is 0 Å². The number of imidazole rings is 1. The Hall–Kier alpha value is -3.65. The summed E-state index contributed by atoms with van der Waals surface area (Å²) < 4.78 is 2.15. The minimum absolute atomic E-state index is 0.762. The first-order valence-electron chi connectivity index (χ1n) is 13.0. The van der Waals surface area contributed by atoms with Gasteiger partial charge in [0.25, 0.3) is 0 Å². The average Bonchev–Trinajstić information content (AvgIpc) is 3.41. The van der Waals surface area contributed by atoms with E-state index in [1.54, 1.807) is 0 Å². The summed E-state index contributed by atoms with van der Waals surface area (Å²) in [5, 5.41) is 2.74. The predicted molar refractivity (Wildman–Crippen MR) is 149 cm³/mol. The van der Waals surface area contributed by atoms with Crippen LogP contribution in [-0.2, 0) is 6.42 Å². The van der Waals surface area contributed by atoms with Crippen molar-refractivity contribution in [2.75, 3.05) is 0 Å². The van der Waals surface area contributed by atoms with Gasteiger partial charge in [-0.1, -0.05) is 118 Å². The highest BCUT2D eigenvalue weighted by atomic mass is 15.1. The Morgan fingerprint density at radius 3 is 2.29 bits per heavy atom. The van der Waals surface area contributed by atoms with Crippen molar-refractivity contribution in [2.45, 2.75) is 46.0 Å². The van der Waals surface area contributed by atoms with Gasteiger partial charge < -0.3 is 0 Å². The zero-order chi connectivity index (χ0) is 24.0. The summed E-state index contributed by atoms with van der Waals surface area (Å²) >= 11 is 0. The third-order valence-electron chi connectivity index (χ3n) is 7.19. The molecule has 176 valence electrons. The number of hydrogen-bond acceptors (Lipinski definition) is 1. The number of benzene rings is 4. The molecule has 0 amide bonds. The van der Waals surface area contributed by atoms with Gasteiger partial charge in [0.2, 0.25) is 0 Å². The fourth-order valence-corrected chi connectivity index (χ4v) is 5.17.